The van der Waals surface area contributed by atoms with Crippen molar-refractivity contribution in [3.8, 4) is 0 Å². The first-order valence-corrected chi connectivity index (χ1v) is 5.05. The fourth-order valence-corrected chi connectivity index (χ4v) is 2.06. The summed E-state index contributed by atoms with van der Waals surface area (Å²) in [7, 11) is 0. The second-order valence-electron chi connectivity index (χ2n) is 4.13. The topological polar surface area (TPSA) is 45.2 Å². The molecule has 3 heteroatoms. The van der Waals surface area contributed by atoms with Gasteiger partial charge in [-0.25, -0.2) is 0 Å². The Morgan fingerprint density at radius 2 is 2.21 bits per heavy atom. The number of aromatic nitrogens is 1. The van der Waals surface area contributed by atoms with E-state index in [0.29, 0.717) is 0 Å². The Morgan fingerprint density at radius 1 is 1.50 bits per heavy atom. The van der Waals surface area contributed by atoms with Gasteiger partial charge >= 0.3 is 0 Å². The molecule has 0 radical (unpaired) electrons. The minimum atomic E-state index is -0.437. The maximum atomic E-state index is 10.2. The van der Waals surface area contributed by atoms with Gasteiger partial charge in [0.25, 0.3) is 0 Å². The van der Waals surface area contributed by atoms with Crippen LogP contribution in [0.2, 0.25) is 0 Å². The van der Waals surface area contributed by atoms with Gasteiger partial charge in [-0.3, -0.25) is 4.98 Å². The third-order valence-electron chi connectivity index (χ3n) is 3.03. The molecule has 0 amide bonds. The number of hydrogen-bond donors (Lipinski definition) is 2. The van der Waals surface area contributed by atoms with Crippen LogP contribution in [-0.2, 0) is 0 Å². The number of hydrogen-bond acceptors (Lipinski definition) is 3. The molecule has 0 spiro atoms. The van der Waals surface area contributed by atoms with Gasteiger partial charge in [0.15, 0.2) is 0 Å². The Labute approximate surface area is 84.2 Å². The maximum absolute atomic E-state index is 10.2. The summed E-state index contributed by atoms with van der Waals surface area (Å²) in [5.41, 5.74) is 0.776. The highest BCUT2D eigenvalue weighted by atomic mass is 16.3. The molecule has 0 saturated carbocycles. The van der Waals surface area contributed by atoms with Crippen molar-refractivity contribution in [1.82, 2.24) is 10.3 Å². The molecule has 0 aliphatic carbocycles. The standard InChI is InChI=1S/C11H16N2O/c1-11(5-2-6-13-11)10(14)9-3-7-12-8-4-9/h3-4,7-8,10,13-14H,2,5-6H2,1H3/t10?,11-/m1/s1. The molecule has 2 atom stereocenters. The lowest BCUT2D eigenvalue weighted by Gasteiger charge is -2.30. The van der Waals surface area contributed by atoms with E-state index < -0.39 is 6.10 Å². The molecule has 1 aromatic rings. The average Bonchev–Trinajstić information content (AvgIpc) is 2.67. The molecular weight excluding hydrogens is 176 g/mol. The third kappa shape index (κ3) is 1.65. The molecule has 2 N–H and O–H groups in total. The monoisotopic (exact) mass is 192 g/mol. The predicted molar refractivity (Wildman–Crippen MR) is 54.8 cm³/mol. The van der Waals surface area contributed by atoms with Gasteiger partial charge in [0.2, 0.25) is 0 Å². The highest BCUT2D eigenvalue weighted by Crippen LogP contribution is 2.32. The van der Waals surface area contributed by atoms with Gasteiger partial charge in [-0.15, -0.1) is 0 Å². The van der Waals surface area contributed by atoms with E-state index in [0.717, 1.165) is 24.9 Å². The van der Waals surface area contributed by atoms with Gasteiger partial charge in [0.1, 0.15) is 0 Å². The Kier molecular flexibility index (Phi) is 2.52. The molecule has 1 unspecified atom stereocenters. The number of pyridine rings is 1. The van der Waals surface area contributed by atoms with Gasteiger partial charge in [-0.2, -0.15) is 0 Å². The van der Waals surface area contributed by atoms with Gasteiger partial charge < -0.3 is 10.4 Å². The zero-order valence-electron chi connectivity index (χ0n) is 8.40. The smallest absolute Gasteiger partial charge is 0.0969 e. The highest BCUT2D eigenvalue weighted by molar-refractivity contribution is 5.18. The summed E-state index contributed by atoms with van der Waals surface area (Å²) in [6.07, 6.45) is 5.16. The van der Waals surface area contributed by atoms with E-state index in [1.165, 1.54) is 0 Å². The van der Waals surface area contributed by atoms with Crippen molar-refractivity contribution >= 4 is 0 Å². The van der Waals surface area contributed by atoms with Crippen molar-refractivity contribution in [2.24, 2.45) is 0 Å². The first-order valence-electron chi connectivity index (χ1n) is 5.05. The molecule has 1 fully saturated rings. The Bertz CT molecular complexity index is 293. The van der Waals surface area contributed by atoms with Crippen molar-refractivity contribution in [1.29, 1.82) is 0 Å². The van der Waals surface area contributed by atoms with Crippen LogP contribution in [0.25, 0.3) is 0 Å². The van der Waals surface area contributed by atoms with Crippen molar-refractivity contribution in [2.45, 2.75) is 31.4 Å². The average molecular weight is 192 g/mol. The zero-order chi connectivity index (χ0) is 10.0. The van der Waals surface area contributed by atoms with Gasteiger partial charge in [0, 0.05) is 17.9 Å². The van der Waals surface area contributed by atoms with Crippen LogP contribution < -0.4 is 5.32 Å². The van der Waals surface area contributed by atoms with Crippen molar-refractivity contribution in [3.05, 3.63) is 30.1 Å². The largest absolute Gasteiger partial charge is 0.386 e. The minimum Gasteiger partial charge on any atom is -0.386 e. The second-order valence-corrected chi connectivity index (χ2v) is 4.13. The summed E-state index contributed by atoms with van der Waals surface area (Å²) in [6, 6.07) is 3.74. The molecule has 76 valence electrons. The number of aliphatic hydroxyl groups is 1. The number of nitrogens with zero attached hydrogens (tertiary/aromatic N) is 1. The fraction of sp³-hybridized carbons (Fsp3) is 0.545. The third-order valence-corrected chi connectivity index (χ3v) is 3.03. The second kappa shape index (κ2) is 3.67. The SMILES string of the molecule is C[C@]1(C(O)c2ccncc2)CCCN1. The Balaban J connectivity index is 2.19. The molecule has 0 aromatic carbocycles. The van der Waals surface area contributed by atoms with Crippen LogP contribution in [0.1, 0.15) is 31.4 Å². The molecular formula is C11H16N2O. The first kappa shape index (κ1) is 9.62. The molecule has 1 saturated heterocycles. The van der Waals surface area contributed by atoms with E-state index >= 15 is 0 Å². The van der Waals surface area contributed by atoms with E-state index in [1.807, 2.05) is 12.1 Å². The molecule has 1 aliphatic heterocycles. The van der Waals surface area contributed by atoms with Crippen LogP contribution in [0.3, 0.4) is 0 Å². The number of rotatable bonds is 2. The molecule has 0 bridgehead atoms. The van der Waals surface area contributed by atoms with Crippen LogP contribution in [0.5, 0.6) is 0 Å². The Morgan fingerprint density at radius 3 is 2.79 bits per heavy atom. The van der Waals surface area contributed by atoms with Crippen LogP contribution in [0, 0.1) is 0 Å². The first-order chi connectivity index (χ1) is 6.72. The minimum absolute atomic E-state index is 0.165. The van der Waals surface area contributed by atoms with Crippen LogP contribution in [0.4, 0.5) is 0 Å². The normalized spacial score (nSPS) is 29.0. The predicted octanol–water partition coefficient (Wildman–Crippen LogP) is 1.26. The highest BCUT2D eigenvalue weighted by Gasteiger charge is 2.36. The van der Waals surface area contributed by atoms with Crippen LogP contribution in [0.15, 0.2) is 24.5 Å². The van der Waals surface area contributed by atoms with Crippen molar-refractivity contribution < 1.29 is 5.11 Å². The lowest BCUT2D eigenvalue weighted by Crippen LogP contribution is -2.42. The van der Waals surface area contributed by atoms with Crippen LogP contribution >= 0.6 is 0 Å². The summed E-state index contributed by atoms with van der Waals surface area (Å²) in [5, 5.41) is 13.6. The number of nitrogens with one attached hydrogen (secondary N) is 1. The molecule has 2 rings (SSSR count). The molecule has 1 aliphatic rings. The summed E-state index contributed by atoms with van der Waals surface area (Å²) >= 11 is 0. The lowest BCUT2D eigenvalue weighted by atomic mass is 9.88. The summed E-state index contributed by atoms with van der Waals surface area (Å²) in [6.45, 7) is 3.07. The van der Waals surface area contributed by atoms with Gasteiger partial charge in [-0.1, -0.05) is 0 Å². The molecule has 3 nitrogen and oxygen atoms in total. The van der Waals surface area contributed by atoms with Crippen LogP contribution in [-0.4, -0.2) is 22.2 Å². The molecule has 1 aromatic heterocycles. The summed E-state index contributed by atoms with van der Waals surface area (Å²) in [5.74, 6) is 0. The van der Waals surface area contributed by atoms with E-state index in [-0.39, 0.29) is 5.54 Å². The molecule has 14 heavy (non-hydrogen) atoms. The summed E-state index contributed by atoms with van der Waals surface area (Å²) < 4.78 is 0. The summed E-state index contributed by atoms with van der Waals surface area (Å²) in [4.78, 5) is 3.95. The fourth-order valence-electron chi connectivity index (χ4n) is 2.06. The maximum Gasteiger partial charge on any atom is 0.0969 e. The van der Waals surface area contributed by atoms with Crippen molar-refractivity contribution in [2.75, 3.05) is 6.54 Å². The lowest BCUT2D eigenvalue weighted by molar-refractivity contribution is 0.0815. The van der Waals surface area contributed by atoms with E-state index in [4.69, 9.17) is 0 Å². The van der Waals surface area contributed by atoms with Gasteiger partial charge in [-0.05, 0) is 44.0 Å². The van der Waals surface area contributed by atoms with Gasteiger partial charge in [0.05, 0.1) is 6.10 Å². The number of aliphatic hydroxyl groups excluding tert-OH is 1. The van der Waals surface area contributed by atoms with E-state index in [1.54, 1.807) is 12.4 Å². The zero-order valence-corrected chi connectivity index (χ0v) is 8.40. The quantitative estimate of drug-likeness (QED) is 0.741. The molecule has 2 heterocycles. The van der Waals surface area contributed by atoms with E-state index in [9.17, 15) is 5.11 Å². The van der Waals surface area contributed by atoms with E-state index in [2.05, 4.69) is 17.2 Å². The van der Waals surface area contributed by atoms with Crippen molar-refractivity contribution in [3.63, 3.8) is 0 Å². The Hall–Kier alpha value is -0.930.